The summed E-state index contributed by atoms with van der Waals surface area (Å²) < 4.78 is 4.98. The van der Waals surface area contributed by atoms with Gasteiger partial charge in [-0.1, -0.05) is 0 Å². The molecule has 42 heavy (non-hydrogen) atoms. The number of hydrogen-bond donors (Lipinski definition) is 0. The predicted molar refractivity (Wildman–Crippen MR) is 184 cm³/mol. The smallest absolute Gasteiger partial charge is 0.147 e. The molecular weight excluding hydrogens is 718 g/mol. The molecule has 2 aliphatic rings. The van der Waals surface area contributed by atoms with Gasteiger partial charge in [-0.3, -0.25) is 0 Å². The molecule has 0 N–H and O–H groups in total. The minimum atomic E-state index is -2.88. The van der Waals surface area contributed by atoms with Gasteiger partial charge in [-0.2, -0.15) is 0 Å². The van der Waals surface area contributed by atoms with E-state index in [-0.39, 0.29) is 35.6 Å². The minimum absolute atomic E-state index is 0. The van der Waals surface area contributed by atoms with Crippen LogP contribution in [-0.2, 0) is 38.2 Å². The molecule has 0 nitrogen and oxygen atoms in total. The van der Waals surface area contributed by atoms with Gasteiger partial charge < -0.3 is 0 Å². The average Bonchev–Trinajstić information content (AvgIpc) is 3.59. The SMILES string of the molecule is CC(C)(C)c1ccc2c(c1)-c1cc(C(C)(C)C)c[c]([Hf]([C]3=CC=CC3)=[C](c3ccccc3)c3ccccc3)c1C2.Cl.Cl. The fourth-order valence-corrected chi connectivity index (χ4v) is 17.9. The van der Waals surface area contributed by atoms with Crippen molar-refractivity contribution in [2.75, 3.05) is 0 Å². The van der Waals surface area contributed by atoms with Crippen molar-refractivity contribution in [3.63, 3.8) is 0 Å². The van der Waals surface area contributed by atoms with Crippen LogP contribution in [0.5, 0.6) is 0 Å². The van der Waals surface area contributed by atoms with Crippen molar-refractivity contribution in [3.8, 4) is 11.1 Å². The summed E-state index contributed by atoms with van der Waals surface area (Å²) in [6.07, 6.45) is 9.25. The van der Waals surface area contributed by atoms with Gasteiger partial charge in [0.05, 0.1) is 0 Å². The fourth-order valence-electron chi connectivity index (χ4n) is 6.16. The van der Waals surface area contributed by atoms with Gasteiger partial charge in [-0.05, 0) is 0 Å². The molecule has 3 heteroatoms. The maximum atomic E-state index is 2.64. The first-order valence-corrected chi connectivity index (χ1v) is 20.0. The quantitative estimate of drug-likeness (QED) is 0.160. The zero-order valence-corrected chi connectivity index (χ0v) is 30.8. The first-order valence-electron chi connectivity index (χ1n) is 14.6. The van der Waals surface area contributed by atoms with Crippen molar-refractivity contribution in [1.82, 2.24) is 0 Å². The standard InChI is InChI=1S/C21H25.C13H10.C5H5.2ClH.Hf/c1-20(2,3)16-9-7-14-11-15-8-10-17(21(4,5)6)13-19(15)18(14)12-16;1-3-7-12(8-4-1)11-13-9-5-2-6-10-13;1-2-4-5-3-1;;;/h7,9-10,12-13H,11H2,1-6H3;1-10H;1-3H,4H2;2*1H;. The molecule has 0 amide bonds. The van der Waals surface area contributed by atoms with Gasteiger partial charge >= 0.3 is 250 Å². The summed E-state index contributed by atoms with van der Waals surface area (Å²) >= 11 is -2.88. The summed E-state index contributed by atoms with van der Waals surface area (Å²) in [5.74, 6) is 0. The normalized spacial score (nSPS) is 13.4. The van der Waals surface area contributed by atoms with Crippen LogP contribution in [0.3, 0.4) is 0 Å². The van der Waals surface area contributed by atoms with Crippen molar-refractivity contribution in [2.45, 2.75) is 65.2 Å². The second kappa shape index (κ2) is 12.7. The van der Waals surface area contributed by atoms with Crippen LogP contribution in [-0.4, -0.2) is 3.26 Å². The summed E-state index contributed by atoms with van der Waals surface area (Å²) in [7, 11) is 0. The molecule has 0 heterocycles. The third kappa shape index (κ3) is 6.30. The van der Waals surface area contributed by atoms with Gasteiger partial charge in [0.1, 0.15) is 0 Å². The third-order valence-electron chi connectivity index (χ3n) is 8.49. The van der Waals surface area contributed by atoms with E-state index < -0.39 is 21.0 Å². The van der Waals surface area contributed by atoms with E-state index in [2.05, 4.69) is 151 Å². The van der Waals surface area contributed by atoms with Crippen LogP contribution in [0.1, 0.15) is 81.3 Å². The first kappa shape index (κ1) is 32.6. The fraction of sp³-hybridized carbons (Fsp3) is 0.256. The monoisotopic (exact) mass is 760 g/mol. The van der Waals surface area contributed by atoms with Crippen molar-refractivity contribution >= 4 is 31.4 Å². The number of rotatable bonds is 4. The predicted octanol–water partition coefficient (Wildman–Crippen LogP) is 10.1. The number of allylic oxidation sites excluding steroid dienone is 4. The van der Waals surface area contributed by atoms with Gasteiger partial charge in [-0.25, -0.2) is 0 Å². The molecule has 0 aliphatic heterocycles. The third-order valence-corrected chi connectivity index (χ3v) is 19.5. The zero-order chi connectivity index (χ0) is 28.1. The molecule has 4 aromatic carbocycles. The molecule has 0 saturated carbocycles. The number of hydrogen-bond acceptors (Lipinski definition) is 0. The average molecular weight is 760 g/mol. The Balaban J connectivity index is 0.00000202. The molecule has 216 valence electrons. The van der Waals surface area contributed by atoms with Crippen molar-refractivity contribution in [1.29, 1.82) is 0 Å². The molecule has 2 aliphatic carbocycles. The Hall–Kier alpha value is -2.32. The molecule has 0 atom stereocenters. The van der Waals surface area contributed by atoms with E-state index in [1.54, 1.807) is 15.5 Å². The van der Waals surface area contributed by atoms with Gasteiger partial charge in [-0.15, -0.1) is 24.8 Å². The van der Waals surface area contributed by atoms with Crippen LogP contribution < -0.4 is 3.32 Å². The summed E-state index contributed by atoms with van der Waals surface area (Å²) in [4.78, 5) is 0. The molecule has 0 unspecified atom stereocenters. The van der Waals surface area contributed by atoms with Crippen LogP contribution >= 0.6 is 24.8 Å². The van der Waals surface area contributed by atoms with E-state index >= 15 is 0 Å². The first-order chi connectivity index (χ1) is 19.1. The molecule has 0 radical (unpaired) electrons. The Morgan fingerprint density at radius 1 is 0.643 bits per heavy atom. The molecule has 0 spiro atoms. The van der Waals surface area contributed by atoms with Crippen LogP contribution in [0, 0.1) is 0 Å². The molecule has 0 saturated heterocycles. The summed E-state index contributed by atoms with van der Waals surface area (Å²) in [6.45, 7) is 14.1. The molecule has 4 aromatic rings. The number of benzene rings is 4. The van der Waals surface area contributed by atoms with Crippen molar-refractivity contribution < 1.29 is 21.0 Å². The maximum absolute atomic E-state index is 2.88. The van der Waals surface area contributed by atoms with Crippen molar-refractivity contribution in [3.05, 3.63) is 146 Å². The maximum Gasteiger partial charge on any atom is -0.147 e. The van der Waals surface area contributed by atoms with Gasteiger partial charge in [0, 0.05) is 0 Å². The van der Waals surface area contributed by atoms with Crippen molar-refractivity contribution in [2.24, 2.45) is 0 Å². The Labute approximate surface area is 272 Å². The topological polar surface area (TPSA) is 0 Å². The second-order valence-electron chi connectivity index (χ2n) is 13.4. The van der Waals surface area contributed by atoms with Gasteiger partial charge in [0.2, 0.25) is 0 Å². The molecular formula is C39H42Cl2Hf. The van der Waals surface area contributed by atoms with Gasteiger partial charge in [0.25, 0.3) is 0 Å². The van der Waals surface area contributed by atoms with E-state index in [0.29, 0.717) is 0 Å². The van der Waals surface area contributed by atoms with E-state index in [9.17, 15) is 0 Å². The Bertz CT molecular complexity index is 1640. The van der Waals surface area contributed by atoms with E-state index in [1.165, 1.54) is 38.9 Å². The molecule has 6 rings (SSSR count). The number of fused-ring (bicyclic) bond motifs is 3. The van der Waals surface area contributed by atoms with E-state index in [4.69, 9.17) is 0 Å². The van der Waals surface area contributed by atoms with Crippen LogP contribution in [0.15, 0.2) is 113 Å². The number of halogens is 2. The van der Waals surface area contributed by atoms with Gasteiger partial charge in [0.15, 0.2) is 0 Å². The largest absolute Gasteiger partial charge is 0.147 e. The minimum Gasteiger partial charge on any atom is -0.147 e. The summed E-state index contributed by atoms with van der Waals surface area (Å²) in [5.41, 5.74) is 11.9. The summed E-state index contributed by atoms with van der Waals surface area (Å²) in [5, 5.41) is 0. The molecule has 0 fully saturated rings. The summed E-state index contributed by atoms with van der Waals surface area (Å²) in [6, 6.07) is 35.0. The van der Waals surface area contributed by atoms with Crippen LogP contribution in [0.25, 0.3) is 11.1 Å². The molecule has 0 bridgehead atoms. The molecule has 0 aromatic heterocycles. The van der Waals surface area contributed by atoms with E-state index in [1.807, 2.05) is 0 Å². The zero-order valence-electron chi connectivity index (χ0n) is 25.6. The Morgan fingerprint density at radius 3 is 1.74 bits per heavy atom. The van der Waals surface area contributed by atoms with E-state index in [0.717, 1.165) is 12.8 Å². The van der Waals surface area contributed by atoms with Crippen LogP contribution in [0.4, 0.5) is 0 Å². The van der Waals surface area contributed by atoms with Crippen LogP contribution in [0.2, 0.25) is 0 Å². The Morgan fingerprint density at radius 2 is 1.21 bits per heavy atom. The Kier molecular flexibility index (Phi) is 9.88. The second-order valence-corrected chi connectivity index (χ2v) is 22.1.